The van der Waals surface area contributed by atoms with Gasteiger partial charge in [0.1, 0.15) is 6.61 Å². The van der Waals surface area contributed by atoms with E-state index in [0.29, 0.717) is 6.61 Å². The first-order chi connectivity index (χ1) is 16.6. The predicted molar refractivity (Wildman–Crippen MR) is 132 cm³/mol. The van der Waals surface area contributed by atoms with Crippen LogP contribution in [0.4, 0.5) is 4.79 Å². The lowest BCUT2D eigenvalue weighted by Gasteiger charge is -2.37. The molecule has 2 aliphatic heterocycles. The van der Waals surface area contributed by atoms with E-state index in [-0.39, 0.29) is 35.8 Å². The van der Waals surface area contributed by atoms with Gasteiger partial charge in [0.2, 0.25) is 0 Å². The van der Waals surface area contributed by atoms with Crippen molar-refractivity contribution >= 4 is 11.9 Å². The molecule has 4 heteroatoms. The summed E-state index contributed by atoms with van der Waals surface area (Å²) in [5.41, 5.74) is 6.85. The highest BCUT2D eigenvalue weighted by Crippen LogP contribution is 2.45. The number of piperidine rings is 1. The van der Waals surface area contributed by atoms with Crippen molar-refractivity contribution in [2.75, 3.05) is 6.61 Å². The molecule has 0 spiro atoms. The number of aryl methyl sites for hydroxylation is 1. The van der Waals surface area contributed by atoms with E-state index in [2.05, 4.69) is 48.5 Å². The number of hydrogen-bond donors (Lipinski definition) is 0. The summed E-state index contributed by atoms with van der Waals surface area (Å²) in [6.07, 6.45) is 3.13. The second-order valence-electron chi connectivity index (χ2n) is 9.99. The standard InChI is InChI=1S/C30H29NO3/c1-19-10-12-20(13-11-19)29(32)21-16-22-14-15-23(17-21)31(22)30(33)34-18-28-26-8-4-2-6-24(26)25-7-3-5-9-27(25)28/h2-13,21-23,28H,14-18H2,1H3. The van der Waals surface area contributed by atoms with E-state index in [0.717, 1.165) is 36.8 Å². The number of nitrogens with zero attached hydrogens (tertiary/aromatic N) is 1. The van der Waals surface area contributed by atoms with Crippen LogP contribution in [0.25, 0.3) is 11.1 Å². The summed E-state index contributed by atoms with van der Waals surface area (Å²) in [5.74, 6) is 0.261. The molecule has 1 amide bonds. The van der Waals surface area contributed by atoms with Gasteiger partial charge in [0.25, 0.3) is 0 Å². The van der Waals surface area contributed by atoms with E-state index in [1.165, 1.54) is 22.3 Å². The maximum absolute atomic E-state index is 13.2. The van der Waals surface area contributed by atoms with Crippen molar-refractivity contribution in [2.24, 2.45) is 5.92 Å². The number of carbonyl (C=O) groups is 2. The Morgan fingerprint density at radius 3 is 1.97 bits per heavy atom. The molecular formula is C30H29NO3. The highest BCUT2D eigenvalue weighted by molar-refractivity contribution is 5.98. The van der Waals surface area contributed by atoms with Crippen LogP contribution >= 0.6 is 0 Å². The number of hydrogen-bond acceptors (Lipinski definition) is 3. The molecule has 4 nitrogen and oxygen atoms in total. The average Bonchev–Trinajstić information content (AvgIpc) is 3.33. The maximum atomic E-state index is 13.2. The van der Waals surface area contributed by atoms with E-state index in [9.17, 15) is 9.59 Å². The van der Waals surface area contributed by atoms with Crippen LogP contribution in [-0.2, 0) is 4.74 Å². The number of rotatable bonds is 4. The van der Waals surface area contributed by atoms with Crippen LogP contribution in [0, 0.1) is 12.8 Å². The van der Waals surface area contributed by atoms with Crippen LogP contribution in [0.15, 0.2) is 72.8 Å². The molecular weight excluding hydrogens is 422 g/mol. The summed E-state index contributed by atoms with van der Waals surface area (Å²) >= 11 is 0. The summed E-state index contributed by atoms with van der Waals surface area (Å²) in [5, 5.41) is 0. The van der Waals surface area contributed by atoms with Crippen molar-refractivity contribution in [1.82, 2.24) is 4.90 Å². The van der Waals surface area contributed by atoms with Crippen molar-refractivity contribution < 1.29 is 14.3 Å². The zero-order valence-corrected chi connectivity index (χ0v) is 19.4. The molecule has 172 valence electrons. The summed E-state index contributed by atoms with van der Waals surface area (Å²) in [6, 6.07) is 24.8. The first-order valence-corrected chi connectivity index (χ1v) is 12.3. The van der Waals surface area contributed by atoms with E-state index < -0.39 is 0 Å². The lowest BCUT2D eigenvalue weighted by Crippen LogP contribution is -2.48. The minimum Gasteiger partial charge on any atom is -0.448 e. The number of Topliss-reactive ketones (excluding diaryl/α,β-unsaturated/α-hetero) is 1. The molecule has 6 rings (SSSR count). The van der Waals surface area contributed by atoms with Gasteiger partial charge >= 0.3 is 6.09 Å². The zero-order chi connectivity index (χ0) is 23.2. The third-order valence-corrected chi connectivity index (χ3v) is 7.99. The number of amides is 1. The lowest BCUT2D eigenvalue weighted by molar-refractivity contribution is 0.0506. The second-order valence-corrected chi connectivity index (χ2v) is 9.99. The molecule has 34 heavy (non-hydrogen) atoms. The molecule has 2 atom stereocenters. The molecule has 0 aromatic heterocycles. The van der Waals surface area contributed by atoms with Crippen LogP contribution in [0.5, 0.6) is 0 Å². The monoisotopic (exact) mass is 451 g/mol. The minimum absolute atomic E-state index is 0.0159. The van der Waals surface area contributed by atoms with Crippen molar-refractivity contribution in [3.05, 3.63) is 95.1 Å². The highest BCUT2D eigenvalue weighted by Gasteiger charge is 2.46. The number of ether oxygens (including phenoxy) is 1. The van der Waals surface area contributed by atoms with Crippen LogP contribution < -0.4 is 0 Å². The summed E-state index contributed by atoms with van der Waals surface area (Å²) < 4.78 is 5.96. The summed E-state index contributed by atoms with van der Waals surface area (Å²) in [4.78, 5) is 28.3. The van der Waals surface area contributed by atoms with Gasteiger partial charge in [-0.05, 0) is 54.9 Å². The van der Waals surface area contributed by atoms with Gasteiger partial charge in [-0.3, -0.25) is 4.79 Å². The number of ketones is 1. The molecule has 0 saturated carbocycles. The molecule has 2 fully saturated rings. The Balaban J connectivity index is 1.14. The average molecular weight is 452 g/mol. The fourth-order valence-corrected chi connectivity index (χ4v) is 6.31. The van der Waals surface area contributed by atoms with Crippen LogP contribution in [0.3, 0.4) is 0 Å². The quantitative estimate of drug-likeness (QED) is 0.433. The molecule has 2 bridgehead atoms. The van der Waals surface area contributed by atoms with Crippen LogP contribution in [0.1, 0.15) is 58.6 Å². The van der Waals surface area contributed by atoms with Gasteiger partial charge in [0.15, 0.2) is 5.78 Å². The molecule has 3 aliphatic rings. The van der Waals surface area contributed by atoms with Crippen molar-refractivity contribution in [2.45, 2.75) is 50.6 Å². The first kappa shape index (κ1) is 21.2. The SMILES string of the molecule is Cc1ccc(C(=O)C2CC3CCC(C2)N3C(=O)OCC2c3ccccc3-c3ccccc32)cc1. The topological polar surface area (TPSA) is 46.6 Å². The zero-order valence-electron chi connectivity index (χ0n) is 19.4. The first-order valence-electron chi connectivity index (χ1n) is 12.3. The van der Waals surface area contributed by atoms with Gasteiger partial charge in [0, 0.05) is 29.5 Å². The largest absolute Gasteiger partial charge is 0.448 e. The molecule has 2 saturated heterocycles. The number of benzene rings is 3. The van der Waals surface area contributed by atoms with Crippen LogP contribution in [-0.4, -0.2) is 35.5 Å². The fraction of sp³-hybridized carbons (Fsp3) is 0.333. The van der Waals surface area contributed by atoms with Crippen molar-refractivity contribution in [3.8, 4) is 11.1 Å². The van der Waals surface area contributed by atoms with Gasteiger partial charge in [-0.2, -0.15) is 0 Å². The van der Waals surface area contributed by atoms with Gasteiger partial charge in [-0.1, -0.05) is 78.4 Å². The van der Waals surface area contributed by atoms with Crippen molar-refractivity contribution in [3.63, 3.8) is 0 Å². The Hall–Kier alpha value is -3.40. The Kier molecular flexibility index (Phi) is 5.24. The molecule has 2 heterocycles. The fourth-order valence-electron chi connectivity index (χ4n) is 6.31. The van der Waals surface area contributed by atoms with E-state index >= 15 is 0 Å². The Labute approximate surface area is 200 Å². The maximum Gasteiger partial charge on any atom is 0.410 e. The molecule has 0 N–H and O–H groups in total. The van der Waals surface area contributed by atoms with Gasteiger partial charge in [-0.15, -0.1) is 0 Å². The Morgan fingerprint density at radius 1 is 0.824 bits per heavy atom. The number of carbonyl (C=O) groups excluding carboxylic acids is 2. The predicted octanol–water partition coefficient (Wildman–Crippen LogP) is 6.37. The van der Waals surface area contributed by atoms with Gasteiger partial charge in [-0.25, -0.2) is 4.79 Å². The summed E-state index contributed by atoms with van der Waals surface area (Å²) in [6.45, 7) is 2.37. The van der Waals surface area contributed by atoms with E-state index in [1.807, 2.05) is 36.1 Å². The number of fused-ring (bicyclic) bond motifs is 5. The molecule has 3 aromatic rings. The Morgan fingerprint density at radius 2 is 1.38 bits per heavy atom. The Bertz CT molecular complexity index is 1190. The van der Waals surface area contributed by atoms with Gasteiger partial charge < -0.3 is 9.64 Å². The van der Waals surface area contributed by atoms with Gasteiger partial charge in [0.05, 0.1) is 0 Å². The minimum atomic E-state index is -0.226. The van der Waals surface area contributed by atoms with Crippen molar-refractivity contribution in [1.29, 1.82) is 0 Å². The van der Waals surface area contributed by atoms with E-state index in [1.54, 1.807) is 0 Å². The van der Waals surface area contributed by atoms with E-state index in [4.69, 9.17) is 4.74 Å². The highest BCUT2D eigenvalue weighted by atomic mass is 16.6. The molecule has 3 aromatic carbocycles. The molecule has 0 radical (unpaired) electrons. The normalized spacial score (nSPS) is 22.9. The smallest absolute Gasteiger partial charge is 0.410 e. The third-order valence-electron chi connectivity index (χ3n) is 7.99. The molecule has 1 aliphatic carbocycles. The third kappa shape index (κ3) is 3.53. The molecule has 2 unspecified atom stereocenters. The van der Waals surface area contributed by atoms with Crippen LogP contribution in [0.2, 0.25) is 0 Å². The lowest BCUT2D eigenvalue weighted by atomic mass is 9.85. The summed E-state index contributed by atoms with van der Waals surface area (Å²) in [7, 11) is 0. The second kappa shape index (κ2) is 8.43.